The first kappa shape index (κ1) is 12.6. The maximum absolute atomic E-state index is 9.22. The first-order valence-electron chi connectivity index (χ1n) is 5.76. The van der Waals surface area contributed by atoms with Gasteiger partial charge in [0.2, 0.25) is 0 Å². The van der Waals surface area contributed by atoms with Crippen molar-refractivity contribution in [2.45, 2.75) is 32.6 Å². The molecule has 0 N–H and O–H groups in total. The smallest absolute Gasteiger partial charge is 0.118 e. The second kappa shape index (κ2) is 6.17. The van der Waals surface area contributed by atoms with Gasteiger partial charge in [0.05, 0.1) is 19.1 Å². The van der Waals surface area contributed by atoms with Crippen molar-refractivity contribution < 1.29 is 4.74 Å². The molecule has 1 aromatic carbocycles. The van der Waals surface area contributed by atoms with Gasteiger partial charge in [-0.15, -0.1) is 0 Å². The molecule has 0 aliphatic heterocycles. The molecule has 2 nitrogen and oxygen atoms in total. The number of nitriles is 1. The first-order chi connectivity index (χ1) is 7.72. The molecule has 2 atom stereocenters. The van der Waals surface area contributed by atoms with Crippen LogP contribution < -0.4 is 4.74 Å². The molecule has 86 valence electrons. The van der Waals surface area contributed by atoms with Gasteiger partial charge in [0.15, 0.2) is 0 Å². The normalized spacial score (nSPS) is 13.9. The van der Waals surface area contributed by atoms with Crippen LogP contribution >= 0.6 is 0 Å². The molecule has 0 aliphatic rings. The predicted octanol–water partition coefficient (Wildman–Crippen LogP) is 3.74. The highest BCUT2D eigenvalue weighted by Gasteiger charge is 2.17. The summed E-state index contributed by atoms with van der Waals surface area (Å²) in [6, 6.07) is 10.2. The molecule has 0 radical (unpaired) electrons. The van der Waals surface area contributed by atoms with Gasteiger partial charge in [-0.3, -0.25) is 0 Å². The zero-order chi connectivity index (χ0) is 12.0. The quantitative estimate of drug-likeness (QED) is 0.752. The SMILES string of the molecule is CCCC(C)C(C#N)c1ccc(OC)cc1. The Hall–Kier alpha value is -1.49. The number of rotatable bonds is 5. The van der Waals surface area contributed by atoms with Gasteiger partial charge < -0.3 is 4.74 Å². The van der Waals surface area contributed by atoms with Gasteiger partial charge >= 0.3 is 0 Å². The second-order valence-corrected chi connectivity index (χ2v) is 4.15. The van der Waals surface area contributed by atoms with E-state index in [1.165, 1.54) is 0 Å². The lowest BCUT2D eigenvalue weighted by molar-refractivity contribution is 0.414. The fraction of sp³-hybridized carbons (Fsp3) is 0.500. The first-order valence-corrected chi connectivity index (χ1v) is 5.76. The average molecular weight is 217 g/mol. The topological polar surface area (TPSA) is 33.0 Å². The lowest BCUT2D eigenvalue weighted by atomic mass is 9.86. The number of methoxy groups -OCH3 is 1. The molecule has 0 aliphatic carbocycles. The van der Waals surface area contributed by atoms with Crippen molar-refractivity contribution in [2.24, 2.45) is 5.92 Å². The Bertz CT molecular complexity index is 350. The number of nitrogens with zero attached hydrogens (tertiary/aromatic N) is 1. The minimum Gasteiger partial charge on any atom is -0.497 e. The van der Waals surface area contributed by atoms with E-state index in [1.54, 1.807) is 7.11 Å². The van der Waals surface area contributed by atoms with Crippen LogP contribution in [0.2, 0.25) is 0 Å². The molecule has 0 saturated heterocycles. The van der Waals surface area contributed by atoms with E-state index in [4.69, 9.17) is 4.74 Å². The fourth-order valence-electron chi connectivity index (χ4n) is 1.96. The molecule has 0 bridgehead atoms. The summed E-state index contributed by atoms with van der Waals surface area (Å²) in [5, 5.41) is 9.22. The van der Waals surface area contributed by atoms with Crippen LogP contribution in [-0.4, -0.2) is 7.11 Å². The number of hydrogen-bond acceptors (Lipinski definition) is 2. The summed E-state index contributed by atoms with van der Waals surface area (Å²) in [6.07, 6.45) is 2.21. The molecule has 0 fully saturated rings. The number of hydrogen-bond donors (Lipinski definition) is 0. The van der Waals surface area contributed by atoms with E-state index in [9.17, 15) is 5.26 Å². The van der Waals surface area contributed by atoms with Crippen LogP contribution in [0.25, 0.3) is 0 Å². The van der Waals surface area contributed by atoms with E-state index in [0.29, 0.717) is 5.92 Å². The molecule has 0 heterocycles. The highest BCUT2D eigenvalue weighted by Crippen LogP contribution is 2.28. The summed E-state index contributed by atoms with van der Waals surface area (Å²) in [6.45, 7) is 4.29. The Kier molecular flexibility index (Phi) is 4.85. The zero-order valence-electron chi connectivity index (χ0n) is 10.2. The van der Waals surface area contributed by atoms with E-state index in [-0.39, 0.29) is 5.92 Å². The Labute approximate surface area is 97.9 Å². The van der Waals surface area contributed by atoms with Crippen LogP contribution in [0.5, 0.6) is 5.75 Å². The summed E-state index contributed by atoms with van der Waals surface area (Å²) in [5.41, 5.74) is 1.09. The van der Waals surface area contributed by atoms with Crippen molar-refractivity contribution in [2.75, 3.05) is 7.11 Å². The molecule has 0 aromatic heterocycles. The van der Waals surface area contributed by atoms with Crippen molar-refractivity contribution in [1.82, 2.24) is 0 Å². The zero-order valence-corrected chi connectivity index (χ0v) is 10.2. The van der Waals surface area contributed by atoms with E-state index in [0.717, 1.165) is 24.2 Å². The molecular weight excluding hydrogens is 198 g/mol. The van der Waals surface area contributed by atoms with Crippen LogP contribution in [0, 0.1) is 17.2 Å². The Morgan fingerprint density at radius 3 is 2.38 bits per heavy atom. The summed E-state index contributed by atoms with van der Waals surface area (Å²) < 4.78 is 5.11. The maximum atomic E-state index is 9.22. The Morgan fingerprint density at radius 2 is 1.94 bits per heavy atom. The van der Waals surface area contributed by atoms with Crippen molar-refractivity contribution in [1.29, 1.82) is 5.26 Å². The molecule has 16 heavy (non-hydrogen) atoms. The highest BCUT2D eigenvalue weighted by atomic mass is 16.5. The van der Waals surface area contributed by atoms with Crippen molar-refractivity contribution in [3.05, 3.63) is 29.8 Å². The van der Waals surface area contributed by atoms with Crippen LogP contribution in [0.1, 0.15) is 38.2 Å². The Balaban J connectivity index is 2.83. The monoisotopic (exact) mass is 217 g/mol. The standard InChI is InChI=1S/C14H19NO/c1-4-5-11(2)14(10-15)12-6-8-13(16-3)9-7-12/h6-9,11,14H,4-5H2,1-3H3. The largest absolute Gasteiger partial charge is 0.497 e. The van der Waals surface area contributed by atoms with Crippen molar-refractivity contribution >= 4 is 0 Å². The van der Waals surface area contributed by atoms with Gasteiger partial charge in [-0.1, -0.05) is 32.4 Å². The Morgan fingerprint density at radius 1 is 1.31 bits per heavy atom. The van der Waals surface area contributed by atoms with E-state index in [1.807, 2.05) is 24.3 Å². The van der Waals surface area contributed by atoms with Crippen LogP contribution in [0.3, 0.4) is 0 Å². The number of benzene rings is 1. The fourth-order valence-corrected chi connectivity index (χ4v) is 1.96. The molecule has 2 unspecified atom stereocenters. The van der Waals surface area contributed by atoms with E-state index < -0.39 is 0 Å². The average Bonchev–Trinajstić information content (AvgIpc) is 2.31. The molecule has 1 aromatic rings. The number of ether oxygens (including phenoxy) is 1. The third kappa shape index (κ3) is 3.00. The molecular formula is C14H19NO. The summed E-state index contributed by atoms with van der Waals surface area (Å²) in [4.78, 5) is 0. The molecule has 0 amide bonds. The highest BCUT2D eigenvalue weighted by molar-refractivity contribution is 5.32. The minimum atomic E-state index is -0.00847. The van der Waals surface area contributed by atoms with E-state index >= 15 is 0 Å². The van der Waals surface area contributed by atoms with Crippen LogP contribution in [-0.2, 0) is 0 Å². The summed E-state index contributed by atoms with van der Waals surface area (Å²) in [7, 11) is 1.65. The lowest BCUT2D eigenvalue weighted by Crippen LogP contribution is -2.07. The second-order valence-electron chi connectivity index (χ2n) is 4.15. The molecule has 1 rings (SSSR count). The molecule has 2 heteroatoms. The van der Waals surface area contributed by atoms with Gasteiger partial charge in [-0.25, -0.2) is 0 Å². The lowest BCUT2D eigenvalue weighted by Gasteiger charge is -2.17. The van der Waals surface area contributed by atoms with Crippen LogP contribution in [0.15, 0.2) is 24.3 Å². The minimum absolute atomic E-state index is 0.00847. The van der Waals surface area contributed by atoms with E-state index in [2.05, 4.69) is 19.9 Å². The molecule has 0 spiro atoms. The summed E-state index contributed by atoms with van der Waals surface area (Å²) >= 11 is 0. The third-order valence-corrected chi connectivity index (χ3v) is 2.93. The van der Waals surface area contributed by atoms with Crippen molar-refractivity contribution in [3.63, 3.8) is 0 Å². The van der Waals surface area contributed by atoms with Gasteiger partial charge in [0.1, 0.15) is 5.75 Å². The van der Waals surface area contributed by atoms with Gasteiger partial charge in [-0.2, -0.15) is 5.26 Å². The molecule has 0 saturated carbocycles. The van der Waals surface area contributed by atoms with Gasteiger partial charge in [-0.05, 0) is 30.0 Å². The van der Waals surface area contributed by atoms with Crippen molar-refractivity contribution in [3.8, 4) is 11.8 Å². The van der Waals surface area contributed by atoms with Crippen LogP contribution in [0.4, 0.5) is 0 Å². The maximum Gasteiger partial charge on any atom is 0.118 e. The predicted molar refractivity (Wildman–Crippen MR) is 65.4 cm³/mol. The third-order valence-electron chi connectivity index (χ3n) is 2.93. The van der Waals surface area contributed by atoms with Gasteiger partial charge in [0, 0.05) is 0 Å². The van der Waals surface area contributed by atoms with Gasteiger partial charge in [0.25, 0.3) is 0 Å². The summed E-state index contributed by atoms with van der Waals surface area (Å²) in [5.74, 6) is 1.23.